The molecule has 7 nitrogen and oxygen atoms in total. The third-order valence-corrected chi connectivity index (χ3v) is 4.96. The summed E-state index contributed by atoms with van der Waals surface area (Å²) in [6, 6.07) is 13.6. The minimum absolute atomic E-state index is 0.0167. The second-order valence-corrected chi connectivity index (χ2v) is 6.90. The maximum Gasteiger partial charge on any atom is 0.241 e. The van der Waals surface area contributed by atoms with Crippen molar-refractivity contribution in [3.63, 3.8) is 0 Å². The lowest BCUT2D eigenvalue weighted by molar-refractivity contribution is -0.122. The number of hydrogen-bond acceptors (Lipinski definition) is 5. The number of halogens is 1. The largest absolute Gasteiger partial charge is 0.325 e. The Morgan fingerprint density at radius 3 is 2.61 bits per heavy atom. The van der Waals surface area contributed by atoms with Crippen LogP contribution in [0.15, 0.2) is 54.9 Å². The maximum atomic E-state index is 13.1. The van der Waals surface area contributed by atoms with Gasteiger partial charge in [-0.1, -0.05) is 18.6 Å². The van der Waals surface area contributed by atoms with Crippen molar-refractivity contribution in [2.24, 2.45) is 0 Å². The summed E-state index contributed by atoms with van der Waals surface area (Å²) in [5.74, 6) is -0.265. The van der Waals surface area contributed by atoms with Crippen molar-refractivity contribution in [3.8, 4) is 5.69 Å². The number of benzene rings is 2. The quantitative estimate of drug-likeness (QED) is 0.737. The van der Waals surface area contributed by atoms with E-state index in [0.29, 0.717) is 6.54 Å². The molecule has 1 N–H and O–H groups in total. The van der Waals surface area contributed by atoms with E-state index < -0.39 is 0 Å². The molecule has 1 aliphatic rings. The second-order valence-electron chi connectivity index (χ2n) is 6.90. The lowest BCUT2D eigenvalue weighted by Gasteiger charge is -2.34. The van der Waals surface area contributed by atoms with E-state index in [2.05, 4.69) is 25.7 Å². The summed E-state index contributed by atoms with van der Waals surface area (Å²) >= 11 is 0. The molecule has 0 aliphatic carbocycles. The van der Waals surface area contributed by atoms with Crippen molar-refractivity contribution in [3.05, 3.63) is 66.2 Å². The lowest BCUT2D eigenvalue weighted by Crippen LogP contribution is -2.46. The van der Waals surface area contributed by atoms with Gasteiger partial charge in [-0.25, -0.2) is 9.07 Å². The summed E-state index contributed by atoms with van der Waals surface area (Å²) in [4.78, 5) is 15.1. The van der Waals surface area contributed by atoms with Crippen LogP contribution in [0.4, 0.5) is 10.1 Å². The number of rotatable bonds is 5. The molecule has 4 rings (SSSR count). The SMILES string of the molecule is O=C(Nc1ccc(-n2cnnn2)cc1)[C@@H]1CCCCN1Cc1ccc(F)cc1. The van der Waals surface area contributed by atoms with E-state index >= 15 is 0 Å². The highest BCUT2D eigenvalue weighted by Crippen LogP contribution is 2.22. The summed E-state index contributed by atoms with van der Waals surface area (Å²) in [7, 11) is 0. The molecule has 0 radical (unpaired) electrons. The third kappa shape index (κ3) is 4.23. The van der Waals surface area contributed by atoms with Crippen molar-refractivity contribution in [2.45, 2.75) is 31.8 Å². The number of carbonyl (C=O) groups excluding carboxylic acids is 1. The van der Waals surface area contributed by atoms with E-state index in [0.717, 1.165) is 42.7 Å². The van der Waals surface area contributed by atoms with Crippen molar-refractivity contribution >= 4 is 11.6 Å². The molecule has 1 aromatic heterocycles. The van der Waals surface area contributed by atoms with Gasteiger partial charge in [0, 0.05) is 12.2 Å². The van der Waals surface area contributed by atoms with Gasteiger partial charge in [-0.3, -0.25) is 9.69 Å². The molecule has 2 aromatic carbocycles. The van der Waals surface area contributed by atoms with Gasteiger partial charge >= 0.3 is 0 Å². The van der Waals surface area contributed by atoms with Crippen LogP contribution in [0.5, 0.6) is 0 Å². The van der Waals surface area contributed by atoms with Crippen LogP contribution in [0.3, 0.4) is 0 Å². The zero-order valence-corrected chi connectivity index (χ0v) is 15.3. The number of aromatic nitrogens is 4. The minimum Gasteiger partial charge on any atom is -0.325 e. The predicted octanol–water partition coefficient (Wildman–Crippen LogP) is 2.79. The van der Waals surface area contributed by atoms with Gasteiger partial charge in [0.25, 0.3) is 0 Å². The minimum atomic E-state index is -0.248. The highest BCUT2D eigenvalue weighted by atomic mass is 19.1. The number of piperidine rings is 1. The zero-order chi connectivity index (χ0) is 19.3. The average molecular weight is 380 g/mol. The molecule has 3 aromatic rings. The molecule has 8 heteroatoms. The maximum absolute atomic E-state index is 13.1. The van der Waals surface area contributed by atoms with E-state index in [1.807, 2.05) is 24.3 Å². The van der Waals surface area contributed by atoms with Crippen LogP contribution in [0.2, 0.25) is 0 Å². The predicted molar refractivity (Wildman–Crippen MR) is 102 cm³/mol. The fraction of sp³-hybridized carbons (Fsp3) is 0.300. The molecule has 1 saturated heterocycles. The standard InChI is InChI=1S/C20H21FN6O/c21-16-6-4-15(5-7-16)13-26-12-2-1-3-19(26)20(28)23-17-8-10-18(11-9-17)27-14-22-24-25-27/h4-11,14,19H,1-3,12-13H2,(H,23,28)/t19-/m0/s1. The Labute approximate surface area is 162 Å². The first kappa shape index (κ1) is 18.2. The molecule has 144 valence electrons. The second kappa shape index (κ2) is 8.26. The average Bonchev–Trinajstić information content (AvgIpc) is 3.25. The molecule has 0 saturated carbocycles. The van der Waals surface area contributed by atoms with Gasteiger partial charge in [0.2, 0.25) is 5.91 Å². The van der Waals surface area contributed by atoms with E-state index in [9.17, 15) is 9.18 Å². The van der Waals surface area contributed by atoms with Crippen LogP contribution in [-0.2, 0) is 11.3 Å². The molecule has 0 bridgehead atoms. The molecule has 1 amide bonds. The van der Waals surface area contributed by atoms with Gasteiger partial charge in [-0.15, -0.1) is 5.10 Å². The fourth-order valence-corrected chi connectivity index (χ4v) is 3.50. The monoisotopic (exact) mass is 380 g/mol. The summed E-state index contributed by atoms with van der Waals surface area (Å²) < 4.78 is 14.7. The van der Waals surface area contributed by atoms with Crippen LogP contribution < -0.4 is 5.32 Å². The summed E-state index contributed by atoms with van der Waals surface area (Å²) in [6.45, 7) is 1.49. The van der Waals surface area contributed by atoms with E-state index in [1.54, 1.807) is 16.8 Å². The van der Waals surface area contributed by atoms with Gasteiger partial charge in [-0.2, -0.15) is 0 Å². The molecule has 1 aliphatic heterocycles. The smallest absolute Gasteiger partial charge is 0.241 e. The Morgan fingerprint density at radius 1 is 1.11 bits per heavy atom. The molecule has 1 fully saturated rings. The lowest BCUT2D eigenvalue weighted by atomic mass is 10.00. The normalized spacial score (nSPS) is 17.4. The molecule has 0 spiro atoms. The topological polar surface area (TPSA) is 75.9 Å². The Hall–Kier alpha value is -3.13. The first-order chi connectivity index (χ1) is 13.7. The van der Waals surface area contributed by atoms with Crippen LogP contribution in [0, 0.1) is 5.82 Å². The van der Waals surface area contributed by atoms with Crippen molar-refractivity contribution < 1.29 is 9.18 Å². The van der Waals surface area contributed by atoms with Crippen LogP contribution in [-0.4, -0.2) is 43.6 Å². The van der Waals surface area contributed by atoms with Gasteiger partial charge in [0.1, 0.15) is 12.1 Å². The Kier molecular flexibility index (Phi) is 5.38. The highest BCUT2D eigenvalue weighted by molar-refractivity contribution is 5.95. The molecule has 2 heterocycles. The number of nitrogens with zero attached hydrogens (tertiary/aromatic N) is 5. The van der Waals surface area contributed by atoms with Crippen molar-refractivity contribution in [1.29, 1.82) is 0 Å². The third-order valence-electron chi connectivity index (χ3n) is 4.96. The van der Waals surface area contributed by atoms with Crippen LogP contribution in [0.25, 0.3) is 5.69 Å². The number of nitrogens with one attached hydrogen (secondary N) is 1. The molecule has 1 atom stereocenters. The summed E-state index contributed by atoms with van der Waals surface area (Å²) in [5, 5.41) is 14.1. The number of likely N-dealkylation sites (tertiary alicyclic amines) is 1. The van der Waals surface area contributed by atoms with Gasteiger partial charge < -0.3 is 5.32 Å². The van der Waals surface area contributed by atoms with Crippen molar-refractivity contribution in [1.82, 2.24) is 25.1 Å². The van der Waals surface area contributed by atoms with Crippen LogP contribution in [0.1, 0.15) is 24.8 Å². The number of tetrazole rings is 1. The molecular weight excluding hydrogens is 359 g/mol. The number of carbonyl (C=O) groups is 1. The van der Waals surface area contributed by atoms with Gasteiger partial charge in [0.15, 0.2) is 0 Å². The van der Waals surface area contributed by atoms with Gasteiger partial charge in [0.05, 0.1) is 11.7 Å². The first-order valence-electron chi connectivity index (χ1n) is 9.32. The van der Waals surface area contributed by atoms with E-state index in [-0.39, 0.29) is 17.8 Å². The first-order valence-corrected chi connectivity index (χ1v) is 9.32. The number of anilines is 1. The van der Waals surface area contributed by atoms with Crippen molar-refractivity contribution in [2.75, 3.05) is 11.9 Å². The number of hydrogen-bond donors (Lipinski definition) is 1. The Morgan fingerprint density at radius 2 is 1.89 bits per heavy atom. The molecule has 0 unspecified atom stereocenters. The summed E-state index contributed by atoms with van der Waals surface area (Å²) in [5.41, 5.74) is 2.56. The molecule has 28 heavy (non-hydrogen) atoms. The van der Waals surface area contributed by atoms with Crippen LogP contribution >= 0.6 is 0 Å². The molecular formula is C20H21FN6O. The Balaban J connectivity index is 1.42. The fourth-order valence-electron chi connectivity index (χ4n) is 3.50. The van der Waals surface area contributed by atoms with E-state index in [1.165, 1.54) is 18.5 Å². The zero-order valence-electron chi connectivity index (χ0n) is 15.3. The number of amides is 1. The van der Waals surface area contributed by atoms with Gasteiger partial charge in [-0.05, 0) is 71.8 Å². The Bertz CT molecular complexity index is 911. The highest BCUT2D eigenvalue weighted by Gasteiger charge is 2.28. The van der Waals surface area contributed by atoms with E-state index in [4.69, 9.17) is 0 Å². The summed E-state index contributed by atoms with van der Waals surface area (Å²) in [6.07, 6.45) is 4.42.